The average molecular weight is 218 g/mol. The van der Waals surface area contributed by atoms with Crippen LogP contribution in [-0.4, -0.2) is 25.8 Å². The van der Waals surface area contributed by atoms with E-state index in [1.165, 1.54) is 14.2 Å². The standard InChI is InChI=1S/C13H14O3/c1-15-13(16-2)9-5-7-10-6-3-4-8-11(10)12(13)14/h3-8H,9H2,1-2H3. The lowest BCUT2D eigenvalue weighted by Gasteiger charge is -2.27. The molecule has 84 valence electrons. The van der Waals surface area contributed by atoms with Crippen LogP contribution >= 0.6 is 0 Å². The van der Waals surface area contributed by atoms with E-state index >= 15 is 0 Å². The molecule has 0 heterocycles. The van der Waals surface area contributed by atoms with Gasteiger partial charge in [0.25, 0.3) is 0 Å². The van der Waals surface area contributed by atoms with Crippen molar-refractivity contribution in [1.82, 2.24) is 0 Å². The smallest absolute Gasteiger partial charge is 0.236 e. The number of methoxy groups -OCH3 is 2. The van der Waals surface area contributed by atoms with E-state index in [4.69, 9.17) is 9.47 Å². The summed E-state index contributed by atoms with van der Waals surface area (Å²) < 4.78 is 10.5. The van der Waals surface area contributed by atoms with E-state index in [2.05, 4.69) is 0 Å². The molecule has 1 aromatic carbocycles. The normalized spacial score (nSPS) is 18.0. The summed E-state index contributed by atoms with van der Waals surface area (Å²) in [5.41, 5.74) is 1.54. The Kier molecular flexibility index (Phi) is 2.90. The van der Waals surface area contributed by atoms with Crippen molar-refractivity contribution in [2.75, 3.05) is 14.2 Å². The molecule has 3 nitrogen and oxygen atoms in total. The summed E-state index contributed by atoms with van der Waals surface area (Å²) >= 11 is 0. The van der Waals surface area contributed by atoms with Gasteiger partial charge in [0.15, 0.2) is 0 Å². The number of Topliss-reactive ketones (excluding diaryl/α,β-unsaturated/α-hetero) is 1. The molecule has 16 heavy (non-hydrogen) atoms. The number of carbonyl (C=O) groups excluding carboxylic acids is 1. The summed E-state index contributed by atoms with van der Waals surface area (Å²) in [4.78, 5) is 12.3. The number of benzene rings is 1. The van der Waals surface area contributed by atoms with Crippen LogP contribution in [0.15, 0.2) is 30.3 Å². The first-order valence-electron chi connectivity index (χ1n) is 5.14. The van der Waals surface area contributed by atoms with Gasteiger partial charge in [0, 0.05) is 26.2 Å². The number of ether oxygens (including phenoxy) is 2. The van der Waals surface area contributed by atoms with Crippen LogP contribution in [0.2, 0.25) is 0 Å². The fourth-order valence-electron chi connectivity index (χ4n) is 1.92. The van der Waals surface area contributed by atoms with Crippen molar-refractivity contribution in [1.29, 1.82) is 0 Å². The van der Waals surface area contributed by atoms with Gasteiger partial charge in [-0.2, -0.15) is 0 Å². The van der Waals surface area contributed by atoms with E-state index in [0.717, 1.165) is 5.56 Å². The monoisotopic (exact) mass is 218 g/mol. The van der Waals surface area contributed by atoms with Crippen LogP contribution in [0.4, 0.5) is 0 Å². The second kappa shape index (κ2) is 4.20. The largest absolute Gasteiger partial charge is 0.346 e. The molecule has 0 aromatic heterocycles. The molecule has 1 aromatic rings. The molecule has 0 amide bonds. The summed E-state index contributed by atoms with van der Waals surface area (Å²) in [6, 6.07) is 7.44. The minimum atomic E-state index is -1.18. The number of hydrogen-bond donors (Lipinski definition) is 0. The molecule has 2 rings (SSSR count). The van der Waals surface area contributed by atoms with Crippen molar-refractivity contribution in [3.8, 4) is 0 Å². The maximum absolute atomic E-state index is 12.3. The fraction of sp³-hybridized carbons (Fsp3) is 0.308. The van der Waals surface area contributed by atoms with Gasteiger partial charge >= 0.3 is 0 Å². The van der Waals surface area contributed by atoms with Gasteiger partial charge in [-0.1, -0.05) is 36.4 Å². The van der Waals surface area contributed by atoms with Crippen LogP contribution < -0.4 is 0 Å². The Balaban J connectivity index is 2.54. The molecule has 1 aliphatic rings. The first-order valence-corrected chi connectivity index (χ1v) is 5.14. The summed E-state index contributed by atoms with van der Waals surface area (Å²) in [5, 5.41) is 0. The van der Waals surface area contributed by atoms with Crippen molar-refractivity contribution < 1.29 is 14.3 Å². The zero-order chi connectivity index (χ0) is 11.6. The van der Waals surface area contributed by atoms with Gasteiger partial charge in [-0.3, -0.25) is 4.79 Å². The van der Waals surface area contributed by atoms with Gasteiger partial charge < -0.3 is 9.47 Å². The predicted molar refractivity (Wildman–Crippen MR) is 61.2 cm³/mol. The number of carbonyl (C=O) groups is 1. The van der Waals surface area contributed by atoms with E-state index in [1.54, 1.807) is 6.07 Å². The van der Waals surface area contributed by atoms with E-state index in [1.807, 2.05) is 30.4 Å². The highest BCUT2D eigenvalue weighted by Gasteiger charge is 2.40. The van der Waals surface area contributed by atoms with Gasteiger partial charge in [-0.05, 0) is 5.56 Å². The minimum Gasteiger partial charge on any atom is -0.346 e. The summed E-state index contributed by atoms with van der Waals surface area (Å²) in [6.45, 7) is 0. The van der Waals surface area contributed by atoms with E-state index in [-0.39, 0.29) is 5.78 Å². The van der Waals surface area contributed by atoms with Gasteiger partial charge in [0.05, 0.1) is 0 Å². The molecular weight excluding hydrogens is 204 g/mol. The van der Waals surface area contributed by atoms with Crippen LogP contribution in [0.1, 0.15) is 22.3 Å². The quantitative estimate of drug-likeness (QED) is 0.714. The highest BCUT2D eigenvalue weighted by Crippen LogP contribution is 2.28. The van der Waals surface area contributed by atoms with Gasteiger partial charge in [-0.25, -0.2) is 0 Å². The van der Waals surface area contributed by atoms with Crippen molar-refractivity contribution in [3.63, 3.8) is 0 Å². The molecule has 0 atom stereocenters. The molecule has 0 saturated heterocycles. The number of ketones is 1. The lowest BCUT2D eigenvalue weighted by Crippen LogP contribution is -2.42. The number of fused-ring (bicyclic) bond motifs is 1. The maximum Gasteiger partial charge on any atom is 0.236 e. The van der Waals surface area contributed by atoms with E-state index in [0.29, 0.717) is 12.0 Å². The second-order valence-electron chi connectivity index (χ2n) is 3.68. The Hall–Kier alpha value is -1.45. The Morgan fingerprint density at radius 3 is 2.56 bits per heavy atom. The Bertz CT molecular complexity index is 431. The van der Waals surface area contributed by atoms with Crippen LogP contribution in [0.5, 0.6) is 0 Å². The molecule has 0 bridgehead atoms. The Morgan fingerprint density at radius 2 is 1.88 bits per heavy atom. The van der Waals surface area contributed by atoms with E-state index in [9.17, 15) is 4.79 Å². The highest BCUT2D eigenvalue weighted by atomic mass is 16.7. The molecule has 0 N–H and O–H groups in total. The lowest BCUT2D eigenvalue weighted by atomic mass is 9.99. The van der Waals surface area contributed by atoms with Crippen molar-refractivity contribution in [2.45, 2.75) is 12.2 Å². The van der Waals surface area contributed by atoms with E-state index < -0.39 is 5.79 Å². The van der Waals surface area contributed by atoms with Gasteiger partial charge in [0.2, 0.25) is 11.6 Å². The van der Waals surface area contributed by atoms with Gasteiger partial charge in [0.1, 0.15) is 0 Å². The first kappa shape index (κ1) is 11.0. The molecular formula is C13H14O3. The molecule has 0 radical (unpaired) electrons. The highest BCUT2D eigenvalue weighted by molar-refractivity contribution is 6.05. The molecule has 3 heteroatoms. The second-order valence-corrected chi connectivity index (χ2v) is 3.68. The maximum atomic E-state index is 12.3. The van der Waals surface area contributed by atoms with Crippen LogP contribution in [-0.2, 0) is 9.47 Å². The summed E-state index contributed by atoms with van der Waals surface area (Å²) in [7, 11) is 2.98. The summed E-state index contributed by atoms with van der Waals surface area (Å²) in [6.07, 6.45) is 4.25. The molecule has 0 fully saturated rings. The minimum absolute atomic E-state index is 0.127. The number of hydrogen-bond acceptors (Lipinski definition) is 3. The Morgan fingerprint density at radius 1 is 1.19 bits per heavy atom. The zero-order valence-electron chi connectivity index (χ0n) is 9.40. The first-order chi connectivity index (χ1) is 7.73. The van der Waals surface area contributed by atoms with Crippen molar-refractivity contribution in [3.05, 3.63) is 41.5 Å². The fourth-order valence-corrected chi connectivity index (χ4v) is 1.92. The Labute approximate surface area is 94.7 Å². The van der Waals surface area contributed by atoms with Crippen molar-refractivity contribution in [2.24, 2.45) is 0 Å². The topological polar surface area (TPSA) is 35.5 Å². The van der Waals surface area contributed by atoms with Crippen LogP contribution in [0, 0.1) is 0 Å². The van der Waals surface area contributed by atoms with Crippen LogP contribution in [0.3, 0.4) is 0 Å². The summed E-state index contributed by atoms with van der Waals surface area (Å²) in [5.74, 6) is -1.30. The third kappa shape index (κ3) is 1.58. The molecule has 0 unspecified atom stereocenters. The molecule has 0 spiro atoms. The molecule has 0 aliphatic heterocycles. The zero-order valence-corrected chi connectivity index (χ0v) is 9.40. The van der Waals surface area contributed by atoms with Crippen LogP contribution in [0.25, 0.3) is 6.08 Å². The van der Waals surface area contributed by atoms with Gasteiger partial charge in [-0.15, -0.1) is 0 Å². The number of rotatable bonds is 2. The SMILES string of the molecule is COC1(OC)CC=Cc2ccccc2C1=O. The lowest BCUT2D eigenvalue weighted by molar-refractivity contribution is -0.166. The average Bonchev–Trinajstić information content (AvgIpc) is 2.48. The van der Waals surface area contributed by atoms with Crippen molar-refractivity contribution >= 4 is 11.9 Å². The molecule has 0 saturated carbocycles. The third-order valence-corrected chi connectivity index (χ3v) is 2.89. The predicted octanol–water partition coefficient (Wildman–Crippen LogP) is 2.28. The molecule has 1 aliphatic carbocycles. The third-order valence-electron chi connectivity index (χ3n) is 2.89.